The Morgan fingerprint density at radius 2 is 1.89 bits per heavy atom. The molecule has 0 spiro atoms. The van der Waals surface area contributed by atoms with Gasteiger partial charge in [-0.15, -0.1) is 0 Å². The Morgan fingerprint density at radius 1 is 1.17 bits per heavy atom. The smallest absolute Gasteiger partial charge is 0.168 e. The second-order valence-corrected chi connectivity index (χ2v) is 4.65. The van der Waals surface area contributed by atoms with Gasteiger partial charge in [-0.3, -0.25) is 0 Å². The van der Waals surface area contributed by atoms with Crippen molar-refractivity contribution < 1.29 is 13.5 Å². The summed E-state index contributed by atoms with van der Waals surface area (Å²) in [4.78, 5) is 0. The number of nitrogens with two attached hydrogens (primary N) is 1. The van der Waals surface area contributed by atoms with Crippen molar-refractivity contribution in [3.63, 3.8) is 0 Å². The molecule has 0 unspecified atom stereocenters. The lowest BCUT2D eigenvalue weighted by Crippen LogP contribution is -1.96. The molecule has 5 heteroatoms. The second kappa shape index (κ2) is 4.94. The fourth-order valence-corrected chi connectivity index (χ4v) is 1.81. The summed E-state index contributed by atoms with van der Waals surface area (Å²) in [6, 6.07) is 7.22. The third kappa shape index (κ3) is 2.46. The molecular weight excluding hydrogens is 304 g/mol. The molecule has 2 N–H and O–H groups in total. The maximum absolute atomic E-state index is 13.7. The third-order valence-corrected chi connectivity index (χ3v) is 3.04. The third-order valence-electron chi connectivity index (χ3n) is 2.43. The lowest BCUT2D eigenvalue weighted by Gasteiger charge is -2.11. The molecule has 2 rings (SSSR count). The van der Waals surface area contributed by atoms with E-state index in [1.54, 1.807) is 19.1 Å². The van der Waals surface area contributed by atoms with E-state index in [1.165, 1.54) is 12.1 Å². The van der Waals surface area contributed by atoms with E-state index in [-0.39, 0.29) is 21.7 Å². The molecule has 2 aromatic carbocycles. The van der Waals surface area contributed by atoms with Crippen molar-refractivity contribution in [3.05, 3.63) is 52.0 Å². The van der Waals surface area contributed by atoms with Crippen LogP contribution in [0.25, 0.3) is 0 Å². The largest absolute Gasteiger partial charge is 0.452 e. The van der Waals surface area contributed by atoms with Gasteiger partial charge in [0.15, 0.2) is 17.3 Å². The molecular formula is C13H10BrF2NO. The van der Waals surface area contributed by atoms with Gasteiger partial charge in [0.1, 0.15) is 5.82 Å². The molecule has 0 saturated carbocycles. The van der Waals surface area contributed by atoms with Crippen LogP contribution in [0.15, 0.2) is 34.8 Å². The van der Waals surface area contributed by atoms with Gasteiger partial charge in [-0.1, -0.05) is 12.1 Å². The van der Waals surface area contributed by atoms with E-state index < -0.39 is 11.6 Å². The summed E-state index contributed by atoms with van der Waals surface area (Å²) in [5.41, 5.74) is 6.36. The number of halogens is 3. The van der Waals surface area contributed by atoms with Gasteiger partial charge in [0.2, 0.25) is 0 Å². The van der Waals surface area contributed by atoms with Crippen molar-refractivity contribution >= 4 is 21.6 Å². The van der Waals surface area contributed by atoms with Gasteiger partial charge in [-0.25, -0.2) is 8.78 Å². The minimum Gasteiger partial charge on any atom is -0.452 e. The van der Waals surface area contributed by atoms with Gasteiger partial charge in [0.25, 0.3) is 0 Å². The highest BCUT2D eigenvalue weighted by atomic mass is 79.9. The first-order chi connectivity index (χ1) is 8.49. The van der Waals surface area contributed by atoms with Gasteiger partial charge in [0.05, 0.1) is 10.2 Å². The Kier molecular flexibility index (Phi) is 3.52. The van der Waals surface area contributed by atoms with Crippen molar-refractivity contribution in [2.75, 3.05) is 5.73 Å². The Morgan fingerprint density at radius 3 is 2.61 bits per heavy atom. The number of rotatable bonds is 2. The molecule has 0 aliphatic rings. The summed E-state index contributed by atoms with van der Waals surface area (Å²) in [5.74, 6) is -0.906. The fourth-order valence-electron chi connectivity index (χ4n) is 1.45. The van der Waals surface area contributed by atoms with Crippen LogP contribution in [0.5, 0.6) is 11.5 Å². The molecule has 0 fully saturated rings. The molecule has 0 aromatic heterocycles. The van der Waals surface area contributed by atoms with Gasteiger partial charge in [-0.05, 0) is 40.5 Å². The van der Waals surface area contributed by atoms with Crippen LogP contribution in [-0.4, -0.2) is 0 Å². The average molecular weight is 314 g/mol. The Hall–Kier alpha value is -1.62. The zero-order chi connectivity index (χ0) is 13.3. The van der Waals surface area contributed by atoms with Crippen LogP contribution in [0, 0.1) is 18.6 Å². The molecule has 0 saturated heterocycles. The summed E-state index contributed by atoms with van der Waals surface area (Å²) in [7, 11) is 0. The Bertz CT molecular complexity index is 602. The summed E-state index contributed by atoms with van der Waals surface area (Å²) in [6.45, 7) is 1.62. The Labute approximate surface area is 112 Å². The van der Waals surface area contributed by atoms with Crippen molar-refractivity contribution in [2.24, 2.45) is 0 Å². The van der Waals surface area contributed by atoms with Crippen LogP contribution in [0.2, 0.25) is 0 Å². The Balaban J connectivity index is 2.40. The second-order valence-electron chi connectivity index (χ2n) is 3.79. The SMILES string of the molecule is Cc1cccc(Oc2cc(F)c(Br)cc2N)c1F. The first-order valence-electron chi connectivity index (χ1n) is 5.16. The van der Waals surface area contributed by atoms with Crippen LogP contribution in [-0.2, 0) is 0 Å². The minimum absolute atomic E-state index is 0.0171. The topological polar surface area (TPSA) is 35.2 Å². The van der Waals surface area contributed by atoms with Crippen LogP contribution in [0.4, 0.5) is 14.5 Å². The van der Waals surface area contributed by atoms with E-state index in [4.69, 9.17) is 10.5 Å². The van der Waals surface area contributed by atoms with Crippen LogP contribution < -0.4 is 10.5 Å². The number of anilines is 1. The van der Waals surface area contributed by atoms with E-state index in [0.717, 1.165) is 6.07 Å². The van der Waals surface area contributed by atoms with Crippen LogP contribution >= 0.6 is 15.9 Å². The summed E-state index contributed by atoms with van der Waals surface area (Å²) in [5, 5.41) is 0. The predicted octanol–water partition coefficient (Wildman–Crippen LogP) is 4.41. The number of benzene rings is 2. The van der Waals surface area contributed by atoms with E-state index in [1.807, 2.05) is 0 Å². The molecule has 0 heterocycles. The first kappa shape index (κ1) is 12.8. The zero-order valence-electron chi connectivity index (χ0n) is 9.51. The quantitative estimate of drug-likeness (QED) is 0.833. The highest BCUT2D eigenvalue weighted by Gasteiger charge is 2.11. The number of hydrogen-bond donors (Lipinski definition) is 1. The van der Waals surface area contributed by atoms with Gasteiger partial charge in [-0.2, -0.15) is 0 Å². The molecule has 2 nitrogen and oxygen atoms in total. The zero-order valence-corrected chi connectivity index (χ0v) is 11.1. The summed E-state index contributed by atoms with van der Waals surface area (Å²) >= 11 is 3.01. The van der Waals surface area contributed by atoms with E-state index in [2.05, 4.69) is 15.9 Å². The maximum Gasteiger partial charge on any atom is 0.168 e. The van der Waals surface area contributed by atoms with Crippen molar-refractivity contribution in [2.45, 2.75) is 6.92 Å². The van der Waals surface area contributed by atoms with Gasteiger partial charge < -0.3 is 10.5 Å². The summed E-state index contributed by atoms with van der Waals surface area (Å²) in [6.07, 6.45) is 0. The fraction of sp³-hybridized carbons (Fsp3) is 0.0769. The molecule has 0 radical (unpaired) electrons. The normalized spacial score (nSPS) is 10.4. The van der Waals surface area contributed by atoms with Crippen molar-refractivity contribution in [3.8, 4) is 11.5 Å². The molecule has 0 amide bonds. The lowest BCUT2D eigenvalue weighted by atomic mass is 10.2. The average Bonchev–Trinajstić information content (AvgIpc) is 2.32. The predicted molar refractivity (Wildman–Crippen MR) is 69.7 cm³/mol. The number of hydrogen-bond acceptors (Lipinski definition) is 2. The van der Waals surface area contributed by atoms with Gasteiger partial charge in [0, 0.05) is 6.07 Å². The lowest BCUT2D eigenvalue weighted by molar-refractivity contribution is 0.438. The van der Waals surface area contributed by atoms with Crippen molar-refractivity contribution in [1.29, 1.82) is 0 Å². The van der Waals surface area contributed by atoms with Crippen LogP contribution in [0.1, 0.15) is 5.56 Å². The summed E-state index contributed by atoms with van der Waals surface area (Å²) < 4.78 is 32.6. The number of nitrogen functional groups attached to an aromatic ring is 1. The highest BCUT2D eigenvalue weighted by molar-refractivity contribution is 9.10. The number of ether oxygens (including phenoxy) is 1. The molecule has 0 atom stereocenters. The maximum atomic E-state index is 13.7. The molecule has 94 valence electrons. The highest BCUT2D eigenvalue weighted by Crippen LogP contribution is 2.33. The minimum atomic E-state index is -0.521. The van der Waals surface area contributed by atoms with E-state index in [0.29, 0.717) is 5.56 Å². The standard InChI is InChI=1S/C13H10BrF2NO/c1-7-3-2-4-11(13(7)16)18-12-6-9(15)8(14)5-10(12)17/h2-6H,17H2,1H3. The van der Waals surface area contributed by atoms with Crippen molar-refractivity contribution in [1.82, 2.24) is 0 Å². The van der Waals surface area contributed by atoms with E-state index >= 15 is 0 Å². The van der Waals surface area contributed by atoms with Gasteiger partial charge >= 0.3 is 0 Å². The molecule has 0 aliphatic heterocycles. The molecule has 2 aromatic rings. The van der Waals surface area contributed by atoms with Crippen LogP contribution in [0.3, 0.4) is 0 Å². The first-order valence-corrected chi connectivity index (χ1v) is 5.96. The molecule has 0 bridgehead atoms. The molecule has 18 heavy (non-hydrogen) atoms. The number of aryl methyl sites for hydroxylation is 1. The molecule has 0 aliphatic carbocycles. The van der Waals surface area contributed by atoms with E-state index in [9.17, 15) is 8.78 Å². The monoisotopic (exact) mass is 313 g/mol.